The van der Waals surface area contributed by atoms with E-state index < -0.39 is 5.41 Å². The van der Waals surface area contributed by atoms with Gasteiger partial charge in [-0.15, -0.1) is 0 Å². The number of carbonyl (C=O) groups is 1. The maximum atomic E-state index is 11.5. The first-order valence-electron chi connectivity index (χ1n) is 7.83. The van der Waals surface area contributed by atoms with Crippen molar-refractivity contribution in [1.29, 1.82) is 0 Å². The van der Waals surface area contributed by atoms with Crippen molar-refractivity contribution in [3.8, 4) is 0 Å². The number of esters is 1. The van der Waals surface area contributed by atoms with E-state index in [1.165, 1.54) is 58.5 Å². The van der Waals surface area contributed by atoms with Gasteiger partial charge < -0.3 is 10.1 Å². The molecule has 0 aromatic heterocycles. The lowest BCUT2D eigenvalue weighted by Crippen LogP contribution is -2.37. The SMILES string of the molecule is CCCCCCCCCCNCC(C)(C)C(=O)OC. The van der Waals surface area contributed by atoms with Gasteiger partial charge in [0.2, 0.25) is 0 Å². The molecule has 0 unspecified atom stereocenters. The van der Waals surface area contributed by atoms with Gasteiger partial charge in [-0.05, 0) is 26.8 Å². The zero-order chi connectivity index (χ0) is 14.6. The normalized spacial score (nSPS) is 11.6. The molecule has 0 fully saturated rings. The van der Waals surface area contributed by atoms with E-state index in [1.807, 2.05) is 13.8 Å². The molecule has 19 heavy (non-hydrogen) atoms. The van der Waals surface area contributed by atoms with Crippen LogP contribution in [-0.2, 0) is 9.53 Å². The van der Waals surface area contributed by atoms with Crippen LogP contribution in [0.3, 0.4) is 0 Å². The molecule has 0 spiro atoms. The second-order valence-corrected chi connectivity index (χ2v) is 6.03. The smallest absolute Gasteiger partial charge is 0.312 e. The number of rotatable bonds is 12. The molecule has 0 bridgehead atoms. The Balaban J connectivity index is 3.33. The van der Waals surface area contributed by atoms with Gasteiger partial charge in [0.05, 0.1) is 12.5 Å². The lowest BCUT2D eigenvalue weighted by Gasteiger charge is -2.21. The zero-order valence-electron chi connectivity index (χ0n) is 13.4. The van der Waals surface area contributed by atoms with E-state index in [1.54, 1.807) is 0 Å². The molecule has 0 aromatic carbocycles. The van der Waals surface area contributed by atoms with Gasteiger partial charge in [-0.3, -0.25) is 4.79 Å². The van der Waals surface area contributed by atoms with E-state index >= 15 is 0 Å². The number of carbonyl (C=O) groups excluding carboxylic acids is 1. The van der Waals surface area contributed by atoms with Crippen molar-refractivity contribution in [3.05, 3.63) is 0 Å². The van der Waals surface area contributed by atoms with Crippen LogP contribution in [-0.4, -0.2) is 26.2 Å². The molecule has 1 N–H and O–H groups in total. The van der Waals surface area contributed by atoms with Crippen LogP contribution < -0.4 is 5.32 Å². The van der Waals surface area contributed by atoms with Gasteiger partial charge in [0.25, 0.3) is 0 Å². The molecule has 0 radical (unpaired) electrons. The summed E-state index contributed by atoms with van der Waals surface area (Å²) in [5.74, 6) is -0.143. The Morgan fingerprint density at radius 2 is 1.53 bits per heavy atom. The molecule has 0 saturated heterocycles. The van der Waals surface area contributed by atoms with E-state index in [4.69, 9.17) is 4.74 Å². The number of hydrogen-bond donors (Lipinski definition) is 1. The Kier molecular flexibility index (Phi) is 10.9. The Hall–Kier alpha value is -0.570. The maximum Gasteiger partial charge on any atom is 0.312 e. The molecule has 0 aliphatic rings. The Labute approximate surface area is 119 Å². The molecule has 0 aliphatic heterocycles. The van der Waals surface area contributed by atoms with E-state index in [0.29, 0.717) is 6.54 Å². The number of methoxy groups -OCH3 is 1. The second kappa shape index (κ2) is 11.3. The summed E-state index contributed by atoms with van der Waals surface area (Å²) in [5.41, 5.74) is -0.422. The predicted octanol–water partition coefficient (Wildman–Crippen LogP) is 3.92. The fourth-order valence-corrected chi connectivity index (χ4v) is 2.13. The average Bonchev–Trinajstić information content (AvgIpc) is 2.39. The fourth-order valence-electron chi connectivity index (χ4n) is 2.13. The molecule has 0 aromatic rings. The number of hydrogen-bond acceptors (Lipinski definition) is 3. The van der Waals surface area contributed by atoms with Crippen molar-refractivity contribution in [3.63, 3.8) is 0 Å². The Morgan fingerprint density at radius 3 is 2.05 bits per heavy atom. The quantitative estimate of drug-likeness (QED) is 0.432. The van der Waals surface area contributed by atoms with Gasteiger partial charge in [-0.1, -0.05) is 51.9 Å². The monoisotopic (exact) mass is 271 g/mol. The highest BCUT2D eigenvalue weighted by Gasteiger charge is 2.27. The summed E-state index contributed by atoms with van der Waals surface area (Å²) < 4.78 is 4.78. The van der Waals surface area contributed by atoms with E-state index in [-0.39, 0.29) is 5.97 Å². The molecule has 0 heterocycles. The predicted molar refractivity (Wildman–Crippen MR) is 81.3 cm³/mol. The molecular weight excluding hydrogens is 238 g/mol. The largest absolute Gasteiger partial charge is 0.469 e. The van der Waals surface area contributed by atoms with E-state index in [9.17, 15) is 4.79 Å². The van der Waals surface area contributed by atoms with Gasteiger partial charge >= 0.3 is 5.97 Å². The highest BCUT2D eigenvalue weighted by atomic mass is 16.5. The topological polar surface area (TPSA) is 38.3 Å². The fraction of sp³-hybridized carbons (Fsp3) is 0.938. The molecular formula is C16H33NO2. The van der Waals surface area contributed by atoms with E-state index in [2.05, 4.69) is 12.2 Å². The average molecular weight is 271 g/mol. The minimum atomic E-state index is -0.422. The summed E-state index contributed by atoms with van der Waals surface area (Å²) in [6.45, 7) is 7.77. The van der Waals surface area contributed by atoms with Gasteiger partial charge in [0.1, 0.15) is 0 Å². The maximum absolute atomic E-state index is 11.5. The lowest BCUT2D eigenvalue weighted by atomic mass is 9.94. The van der Waals surface area contributed by atoms with Crippen LogP contribution in [0, 0.1) is 5.41 Å². The van der Waals surface area contributed by atoms with Crippen LogP contribution in [0.25, 0.3) is 0 Å². The standard InChI is InChI=1S/C16H33NO2/c1-5-6-7-8-9-10-11-12-13-17-14-16(2,3)15(18)19-4/h17H,5-14H2,1-4H3. The second-order valence-electron chi connectivity index (χ2n) is 6.03. The van der Waals surface area contributed by atoms with Crippen LogP contribution >= 0.6 is 0 Å². The zero-order valence-corrected chi connectivity index (χ0v) is 13.4. The summed E-state index contributed by atoms with van der Waals surface area (Å²) >= 11 is 0. The first-order valence-corrected chi connectivity index (χ1v) is 7.83. The summed E-state index contributed by atoms with van der Waals surface area (Å²) in [6.07, 6.45) is 10.7. The third-order valence-electron chi connectivity index (χ3n) is 3.51. The van der Waals surface area contributed by atoms with Crippen molar-refractivity contribution in [2.24, 2.45) is 5.41 Å². The van der Waals surface area contributed by atoms with Crippen molar-refractivity contribution >= 4 is 5.97 Å². The van der Waals surface area contributed by atoms with Gasteiger partial charge in [-0.25, -0.2) is 0 Å². The number of unbranched alkanes of at least 4 members (excludes halogenated alkanes) is 7. The van der Waals surface area contributed by atoms with E-state index in [0.717, 1.165) is 6.54 Å². The molecule has 3 heteroatoms. The molecule has 114 valence electrons. The summed E-state index contributed by atoms with van der Waals surface area (Å²) in [7, 11) is 1.45. The highest BCUT2D eigenvalue weighted by Crippen LogP contribution is 2.15. The first-order chi connectivity index (χ1) is 9.04. The first kappa shape index (κ1) is 18.4. The summed E-state index contributed by atoms with van der Waals surface area (Å²) in [4.78, 5) is 11.5. The molecule has 0 aliphatic carbocycles. The van der Waals surface area contributed by atoms with Gasteiger partial charge in [0, 0.05) is 6.54 Å². The van der Waals surface area contributed by atoms with Crippen molar-refractivity contribution < 1.29 is 9.53 Å². The van der Waals surface area contributed by atoms with Crippen molar-refractivity contribution in [2.45, 2.75) is 72.1 Å². The van der Waals surface area contributed by atoms with Crippen molar-refractivity contribution in [1.82, 2.24) is 5.32 Å². The molecule has 0 rings (SSSR count). The molecule has 0 amide bonds. The number of nitrogens with one attached hydrogen (secondary N) is 1. The summed E-state index contributed by atoms with van der Waals surface area (Å²) in [5, 5.41) is 3.35. The van der Waals surface area contributed by atoms with Crippen LogP contribution in [0.2, 0.25) is 0 Å². The molecule has 0 atom stereocenters. The van der Waals surface area contributed by atoms with Crippen LogP contribution in [0.15, 0.2) is 0 Å². The van der Waals surface area contributed by atoms with Gasteiger partial charge in [-0.2, -0.15) is 0 Å². The Bertz CT molecular complexity index is 227. The Morgan fingerprint density at radius 1 is 1.00 bits per heavy atom. The van der Waals surface area contributed by atoms with Crippen molar-refractivity contribution in [2.75, 3.05) is 20.2 Å². The van der Waals surface area contributed by atoms with Crippen LogP contribution in [0.5, 0.6) is 0 Å². The third kappa shape index (κ3) is 9.94. The summed E-state index contributed by atoms with van der Waals surface area (Å²) in [6, 6.07) is 0. The number of ether oxygens (including phenoxy) is 1. The minimum Gasteiger partial charge on any atom is -0.469 e. The lowest BCUT2D eigenvalue weighted by molar-refractivity contribution is -0.150. The minimum absolute atomic E-state index is 0.143. The molecule has 0 saturated carbocycles. The third-order valence-corrected chi connectivity index (χ3v) is 3.51. The molecule has 3 nitrogen and oxygen atoms in total. The van der Waals surface area contributed by atoms with Crippen LogP contribution in [0.4, 0.5) is 0 Å². The van der Waals surface area contributed by atoms with Gasteiger partial charge in [0.15, 0.2) is 0 Å². The highest BCUT2D eigenvalue weighted by molar-refractivity contribution is 5.76. The van der Waals surface area contributed by atoms with Crippen LogP contribution in [0.1, 0.15) is 72.1 Å².